The lowest BCUT2D eigenvalue weighted by molar-refractivity contribution is -0.168. The molecule has 20 heavy (non-hydrogen) atoms. The zero-order chi connectivity index (χ0) is 15.2. The van der Waals surface area contributed by atoms with Crippen LogP contribution < -0.4 is 5.73 Å². The molecule has 0 aromatic carbocycles. The van der Waals surface area contributed by atoms with Gasteiger partial charge in [-0.3, -0.25) is 0 Å². The molecule has 116 valence electrons. The number of alkyl halides is 4. The second-order valence-corrected chi connectivity index (χ2v) is 4.35. The van der Waals surface area contributed by atoms with E-state index < -0.39 is 31.6 Å². The summed E-state index contributed by atoms with van der Waals surface area (Å²) in [5, 5.41) is 3.49. The molecule has 5 nitrogen and oxygen atoms in total. The quantitative estimate of drug-likeness (QED) is 0.710. The second kappa shape index (κ2) is 7.53. The molecule has 1 aromatic rings. The molecule has 0 aliphatic carbocycles. The highest BCUT2D eigenvalue weighted by atomic mass is 19.3. The molecule has 0 saturated carbocycles. The maximum atomic E-state index is 12.6. The number of rotatable bonds is 9. The predicted octanol–water partition coefficient (Wildman–Crippen LogP) is 2.68. The summed E-state index contributed by atoms with van der Waals surface area (Å²) < 4.78 is 58.2. The van der Waals surface area contributed by atoms with Gasteiger partial charge in [0, 0.05) is 0 Å². The third kappa shape index (κ3) is 5.04. The van der Waals surface area contributed by atoms with E-state index in [0.717, 1.165) is 12.8 Å². The number of nitrogens with zero attached hydrogens (tertiary/aromatic N) is 2. The summed E-state index contributed by atoms with van der Waals surface area (Å²) in [5.41, 5.74) is 5.78. The van der Waals surface area contributed by atoms with Gasteiger partial charge in [-0.25, -0.2) is 8.78 Å². The molecule has 0 aliphatic heterocycles. The Morgan fingerprint density at radius 3 is 2.70 bits per heavy atom. The Kier molecular flexibility index (Phi) is 6.34. The number of aromatic nitrogens is 2. The van der Waals surface area contributed by atoms with E-state index in [1.807, 2.05) is 6.92 Å². The SMILES string of the molecule is CCCC[C@H](N)c1nc(COCC(F)(F)C(F)F)no1. The van der Waals surface area contributed by atoms with Gasteiger partial charge in [-0.1, -0.05) is 24.9 Å². The molecule has 0 fully saturated rings. The van der Waals surface area contributed by atoms with Gasteiger partial charge in [-0.05, 0) is 6.42 Å². The smallest absolute Gasteiger partial charge is 0.330 e. The molecule has 0 aliphatic rings. The third-order valence-corrected chi connectivity index (χ3v) is 2.51. The zero-order valence-corrected chi connectivity index (χ0v) is 11.0. The second-order valence-electron chi connectivity index (χ2n) is 4.35. The Morgan fingerprint density at radius 2 is 2.10 bits per heavy atom. The Labute approximate surface area is 113 Å². The molecule has 0 unspecified atom stereocenters. The molecule has 0 radical (unpaired) electrons. The normalized spacial score (nSPS) is 13.9. The van der Waals surface area contributed by atoms with Crippen molar-refractivity contribution in [2.24, 2.45) is 5.73 Å². The van der Waals surface area contributed by atoms with Crippen LogP contribution in [-0.2, 0) is 11.3 Å². The minimum absolute atomic E-state index is 0.00276. The zero-order valence-electron chi connectivity index (χ0n) is 11.0. The van der Waals surface area contributed by atoms with Crippen molar-refractivity contribution in [3.63, 3.8) is 0 Å². The van der Waals surface area contributed by atoms with Gasteiger partial charge in [0.05, 0.1) is 6.04 Å². The average molecular weight is 299 g/mol. The summed E-state index contributed by atoms with van der Waals surface area (Å²) in [5.74, 6) is -4.01. The maximum Gasteiger partial charge on any atom is 0.330 e. The lowest BCUT2D eigenvalue weighted by Gasteiger charge is -2.14. The van der Waals surface area contributed by atoms with Crippen LogP contribution in [0, 0.1) is 0 Å². The largest absolute Gasteiger partial charge is 0.367 e. The van der Waals surface area contributed by atoms with Crippen LogP contribution in [0.25, 0.3) is 0 Å². The van der Waals surface area contributed by atoms with Gasteiger partial charge in [0.15, 0.2) is 5.82 Å². The van der Waals surface area contributed by atoms with E-state index in [0.29, 0.717) is 6.42 Å². The number of nitrogens with two attached hydrogens (primary N) is 1. The summed E-state index contributed by atoms with van der Waals surface area (Å²) in [6.07, 6.45) is -1.27. The molecule has 2 N–H and O–H groups in total. The molecule has 1 aromatic heterocycles. The Bertz CT molecular complexity index is 401. The van der Waals surface area contributed by atoms with Crippen LogP contribution in [0.2, 0.25) is 0 Å². The van der Waals surface area contributed by atoms with E-state index in [1.54, 1.807) is 0 Å². The first kappa shape index (κ1) is 16.8. The van der Waals surface area contributed by atoms with E-state index in [-0.39, 0.29) is 11.7 Å². The fourth-order valence-corrected chi connectivity index (χ4v) is 1.37. The molecule has 9 heteroatoms. The number of halogens is 4. The molecular formula is C11H17F4N3O2. The molecule has 1 atom stereocenters. The number of hydrogen-bond donors (Lipinski definition) is 1. The summed E-state index contributed by atoms with van der Waals surface area (Å²) in [6, 6.07) is -0.432. The van der Waals surface area contributed by atoms with Gasteiger partial charge in [-0.2, -0.15) is 13.8 Å². The van der Waals surface area contributed by atoms with E-state index in [2.05, 4.69) is 14.9 Å². The molecule has 0 bridgehead atoms. The third-order valence-electron chi connectivity index (χ3n) is 2.51. The van der Waals surface area contributed by atoms with Crippen molar-refractivity contribution in [2.45, 2.75) is 51.2 Å². The minimum Gasteiger partial charge on any atom is -0.367 e. The highest BCUT2D eigenvalue weighted by Crippen LogP contribution is 2.23. The van der Waals surface area contributed by atoms with Gasteiger partial charge >= 0.3 is 12.3 Å². The fourth-order valence-electron chi connectivity index (χ4n) is 1.37. The fraction of sp³-hybridized carbons (Fsp3) is 0.818. The van der Waals surface area contributed by atoms with Crippen molar-refractivity contribution in [3.05, 3.63) is 11.7 Å². The molecule has 0 saturated heterocycles. The molecule has 0 spiro atoms. The van der Waals surface area contributed by atoms with Crippen LogP contribution in [-0.4, -0.2) is 29.1 Å². The molecule has 1 rings (SSSR count). The first-order valence-electron chi connectivity index (χ1n) is 6.18. The van der Waals surface area contributed by atoms with E-state index in [4.69, 9.17) is 10.3 Å². The summed E-state index contributed by atoms with van der Waals surface area (Å²) in [4.78, 5) is 3.87. The van der Waals surface area contributed by atoms with Crippen molar-refractivity contribution in [3.8, 4) is 0 Å². The highest BCUT2D eigenvalue weighted by Gasteiger charge is 2.41. The Balaban J connectivity index is 2.41. The van der Waals surface area contributed by atoms with Crippen LogP contribution >= 0.6 is 0 Å². The lowest BCUT2D eigenvalue weighted by Crippen LogP contribution is -2.32. The van der Waals surface area contributed by atoms with Crippen molar-refractivity contribution >= 4 is 0 Å². The number of ether oxygens (including phenoxy) is 1. The molecule has 0 amide bonds. The van der Waals surface area contributed by atoms with Crippen molar-refractivity contribution < 1.29 is 26.8 Å². The van der Waals surface area contributed by atoms with Gasteiger partial charge < -0.3 is 15.0 Å². The number of unbranched alkanes of at least 4 members (excludes halogenated alkanes) is 1. The van der Waals surface area contributed by atoms with Crippen molar-refractivity contribution in [1.29, 1.82) is 0 Å². The van der Waals surface area contributed by atoms with Crippen molar-refractivity contribution in [2.75, 3.05) is 6.61 Å². The topological polar surface area (TPSA) is 74.2 Å². The first-order valence-corrected chi connectivity index (χ1v) is 6.18. The molecular weight excluding hydrogens is 282 g/mol. The van der Waals surface area contributed by atoms with Gasteiger partial charge in [0.2, 0.25) is 5.89 Å². The standard InChI is InChI=1S/C11H17F4N3O2/c1-2-3-4-7(16)9-17-8(18-20-9)5-19-6-11(14,15)10(12)13/h7,10H,2-6,16H2,1H3/t7-/m0/s1. The molecule has 1 heterocycles. The van der Waals surface area contributed by atoms with Gasteiger partial charge in [0.1, 0.15) is 13.2 Å². The van der Waals surface area contributed by atoms with E-state index in [1.165, 1.54) is 0 Å². The summed E-state index contributed by atoms with van der Waals surface area (Å²) in [6.45, 7) is 0.158. The Hall–Kier alpha value is -1.22. The highest BCUT2D eigenvalue weighted by molar-refractivity contribution is 4.90. The minimum atomic E-state index is -4.19. The Morgan fingerprint density at radius 1 is 1.40 bits per heavy atom. The van der Waals surface area contributed by atoms with Gasteiger partial charge in [0.25, 0.3) is 0 Å². The van der Waals surface area contributed by atoms with Crippen LogP contribution in [0.4, 0.5) is 17.6 Å². The first-order chi connectivity index (χ1) is 9.36. The summed E-state index contributed by atoms with van der Waals surface area (Å²) in [7, 11) is 0. The maximum absolute atomic E-state index is 12.6. The van der Waals surface area contributed by atoms with Crippen molar-refractivity contribution in [1.82, 2.24) is 10.1 Å². The van der Waals surface area contributed by atoms with Crippen LogP contribution in [0.3, 0.4) is 0 Å². The van der Waals surface area contributed by atoms with Gasteiger partial charge in [-0.15, -0.1) is 0 Å². The van der Waals surface area contributed by atoms with Crippen LogP contribution in [0.5, 0.6) is 0 Å². The monoisotopic (exact) mass is 299 g/mol. The van der Waals surface area contributed by atoms with Crippen LogP contribution in [0.1, 0.15) is 43.9 Å². The number of hydrogen-bond acceptors (Lipinski definition) is 5. The van der Waals surface area contributed by atoms with E-state index in [9.17, 15) is 17.6 Å². The average Bonchev–Trinajstić information content (AvgIpc) is 2.84. The van der Waals surface area contributed by atoms with Crippen LogP contribution in [0.15, 0.2) is 4.52 Å². The summed E-state index contributed by atoms with van der Waals surface area (Å²) >= 11 is 0. The predicted molar refractivity (Wildman–Crippen MR) is 61.4 cm³/mol. The lowest BCUT2D eigenvalue weighted by atomic mass is 10.1. The van der Waals surface area contributed by atoms with E-state index >= 15 is 0 Å².